The van der Waals surface area contributed by atoms with Crippen LogP contribution in [0.3, 0.4) is 0 Å². The summed E-state index contributed by atoms with van der Waals surface area (Å²) in [6.45, 7) is 1.93. The summed E-state index contributed by atoms with van der Waals surface area (Å²) in [4.78, 5) is 12.1. The summed E-state index contributed by atoms with van der Waals surface area (Å²) < 4.78 is 40.5. The molecule has 0 radical (unpaired) electrons. The molecule has 3 rings (SSSR count). The lowest BCUT2D eigenvalue weighted by Gasteiger charge is -2.22. The van der Waals surface area contributed by atoms with E-state index in [9.17, 15) is 17.6 Å². The third-order valence-corrected chi connectivity index (χ3v) is 6.55. The van der Waals surface area contributed by atoms with Crippen LogP contribution in [0.2, 0.25) is 0 Å². The Morgan fingerprint density at radius 2 is 1.77 bits per heavy atom. The van der Waals surface area contributed by atoms with Crippen LogP contribution >= 0.6 is 11.8 Å². The fourth-order valence-electron chi connectivity index (χ4n) is 2.71. The zero-order chi connectivity index (χ0) is 22.6. The van der Waals surface area contributed by atoms with E-state index in [-0.39, 0.29) is 24.0 Å². The Morgan fingerprint density at radius 3 is 2.39 bits per heavy atom. The standard InChI is InChI=1S/C20H22FN5O3S2/c1-14-4-10-17(11-5-14)26(31(3,28)29)12-18-23-24-20(25(18)2)30-13-19(27)22-16-8-6-15(21)7-9-16/h4-11H,12-13H2,1-3H3,(H,22,27). The molecule has 0 spiro atoms. The van der Waals surface area contributed by atoms with Crippen LogP contribution in [-0.2, 0) is 28.4 Å². The largest absolute Gasteiger partial charge is 0.325 e. The highest BCUT2D eigenvalue weighted by Gasteiger charge is 2.21. The first kappa shape index (κ1) is 22.8. The van der Waals surface area contributed by atoms with Gasteiger partial charge in [-0.1, -0.05) is 29.5 Å². The molecule has 1 N–H and O–H groups in total. The van der Waals surface area contributed by atoms with Gasteiger partial charge in [0.15, 0.2) is 11.0 Å². The molecule has 0 saturated carbocycles. The number of carbonyl (C=O) groups excluding carboxylic acids is 1. The van der Waals surface area contributed by atoms with Crippen LogP contribution in [0.1, 0.15) is 11.4 Å². The molecule has 2 aromatic carbocycles. The number of hydrogen-bond acceptors (Lipinski definition) is 6. The second-order valence-electron chi connectivity index (χ2n) is 6.91. The fourth-order valence-corrected chi connectivity index (χ4v) is 4.29. The summed E-state index contributed by atoms with van der Waals surface area (Å²) in [5.74, 6) is -0.157. The molecule has 0 saturated heterocycles. The minimum atomic E-state index is -3.55. The van der Waals surface area contributed by atoms with Gasteiger partial charge in [0.2, 0.25) is 15.9 Å². The predicted molar refractivity (Wildman–Crippen MR) is 119 cm³/mol. The molecule has 0 bridgehead atoms. The molecule has 164 valence electrons. The van der Waals surface area contributed by atoms with Gasteiger partial charge in [-0.25, -0.2) is 12.8 Å². The van der Waals surface area contributed by atoms with Gasteiger partial charge in [-0.3, -0.25) is 9.10 Å². The fraction of sp³-hybridized carbons (Fsp3) is 0.250. The highest BCUT2D eigenvalue weighted by Crippen LogP contribution is 2.22. The van der Waals surface area contributed by atoms with E-state index in [1.807, 2.05) is 19.1 Å². The first-order valence-electron chi connectivity index (χ1n) is 9.24. The Bertz CT molecular complexity index is 1160. The van der Waals surface area contributed by atoms with Gasteiger partial charge >= 0.3 is 0 Å². The minimum absolute atomic E-state index is 0.00767. The second kappa shape index (κ2) is 9.48. The van der Waals surface area contributed by atoms with Gasteiger partial charge in [-0.15, -0.1) is 10.2 Å². The Kier molecular flexibility index (Phi) is 6.96. The maximum absolute atomic E-state index is 13.0. The van der Waals surface area contributed by atoms with E-state index < -0.39 is 10.0 Å². The van der Waals surface area contributed by atoms with Crippen LogP contribution in [-0.4, -0.2) is 41.1 Å². The number of hydrogen-bond donors (Lipinski definition) is 1. The number of rotatable bonds is 8. The number of aromatic nitrogens is 3. The predicted octanol–water partition coefficient (Wildman–Crippen LogP) is 2.96. The van der Waals surface area contributed by atoms with E-state index in [0.717, 1.165) is 11.8 Å². The second-order valence-corrected chi connectivity index (χ2v) is 9.76. The highest BCUT2D eigenvalue weighted by atomic mass is 32.2. The average molecular weight is 464 g/mol. The molecule has 3 aromatic rings. The van der Waals surface area contributed by atoms with Crippen molar-refractivity contribution in [3.63, 3.8) is 0 Å². The van der Waals surface area contributed by atoms with Crippen molar-refractivity contribution in [2.24, 2.45) is 7.05 Å². The van der Waals surface area contributed by atoms with Gasteiger partial charge in [0.05, 0.1) is 24.2 Å². The molecule has 1 amide bonds. The first-order chi connectivity index (χ1) is 14.6. The normalized spacial score (nSPS) is 11.4. The zero-order valence-corrected chi connectivity index (χ0v) is 18.9. The van der Waals surface area contributed by atoms with Gasteiger partial charge in [0.25, 0.3) is 0 Å². The Morgan fingerprint density at radius 1 is 1.13 bits per heavy atom. The molecular formula is C20H22FN5O3S2. The van der Waals surface area contributed by atoms with Crippen LogP contribution in [0.15, 0.2) is 53.7 Å². The van der Waals surface area contributed by atoms with Crippen molar-refractivity contribution in [3.8, 4) is 0 Å². The van der Waals surface area contributed by atoms with E-state index in [4.69, 9.17) is 0 Å². The lowest BCUT2D eigenvalue weighted by atomic mass is 10.2. The number of nitrogens with one attached hydrogen (secondary N) is 1. The summed E-state index contributed by atoms with van der Waals surface area (Å²) in [5, 5.41) is 11.3. The summed E-state index contributed by atoms with van der Waals surface area (Å²) in [6, 6.07) is 12.6. The van der Waals surface area contributed by atoms with E-state index in [1.54, 1.807) is 23.7 Å². The summed E-state index contributed by atoms with van der Waals surface area (Å²) in [7, 11) is -1.83. The topological polar surface area (TPSA) is 97.2 Å². The van der Waals surface area contributed by atoms with Gasteiger partial charge in [0, 0.05) is 12.7 Å². The van der Waals surface area contributed by atoms with Crippen LogP contribution in [0.25, 0.3) is 0 Å². The van der Waals surface area contributed by atoms with E-state index in [1.165, 1.54) is 40.3 Å². The van der Waals surface area contributed by atoms with Crippen molar-refractivity contribution in [2.45, 2.75) is 18.6 Å². The molecule has 1 heterocycles. The molecule has 0 unspecified atom stereocenters. The molecule has 0 fully saturated rings. The van der Waals surface area contributed by atoms with Crippen LogP contribution in [0.5, 0.6) is 0 Å². The Hall–Kier alpha value is -2.92. The van der Waals surface area contributed by atoms with E-state index >= 15 is 0 Å². The van der Waals surface area contributed by atoms with E-state index in [0.29, 0.717) is 22.4 Å². The number of thioether (sulfide) groups is 1. The van der Waals surface area contributed by atoms with E-state index in [2.05, 4.69) is 15.5 Å². The van der Waals surface area contributed by atoms with Crippen molar-refractivity contribution < 1.29 is 17.6 Å². The quantitative estimate of drug-likeness (QED) is 0.516. The maximum Gasteiger partial charge on any atom is 0.234 e. The third-order valence-electron chi connectivity index (χ3n) is 4.39. The number of carbonyl (C=O) groups is 1. The molecule has 0 aliphatic heterocycles. The van der Waals surface area contributed by atoms with Crippen molar-refractivity contribution in [3.05, 3.63) is 65.7 Å². The Balaban J connectivity index is 1.67. The zero-order valence-electron chi connectivity index (χ0n) is 17.2. The number of benzene rings is 2. The maximum atomic E-state index is 13.0. The minimum Gasteiger partial charge on any atom is -0.325 e. The summed E-state index contributed by atoms with van der Waals surface area (Å²) >= 11 is 1.17. The number of halogens is 1. The van der Waals surface area contributed by atoms with Crippen molar-refractivity contribution in [1.29, 1.82) is 0 Å². The average Bonchev–Trinajstić information content (AvgIpc) is 3.06. The molecule has 0 atom stereocenters. The van der Waals surface area contributed by atoms with Gasteiger partial charge < -0.3 is 9.88 Å². The summed E-state index contributed by atoms with van der Waals surface area (Å²) in [5.41, 5.74) is 2.05. The molecule has 8 nitrogen and oxygen atoms in total. The van der Waals surface area contributed by atoms with Gasteiger partial charge in [0.1, 0.15) is 5.82 Å². The number of aryl methyl sites for hydroxylation is 1. The van der Waals surface area contributed by atoms with Crippen LogP contribution in [0, 0.1) is 12.7 Å². The van der Waals surface area contributed by atoms with Crippen LogP contribution in [0.4, 0.5) is 15.8 Å². The smallest absolute Gasteiger partial charge is 0.234 e. The summed E-state index contributed by atoms with van der Waals surface area (Å²) in [6.07, 6.45) is 1.14. The lowest BCUT2D eigenvalue weighted by Crippen LogP contribution is -2.30. The number of amides is 1. The lowest BCUT2D eigenvalue weighted by molar-refractivity contribution is -0.113. The van der Waals surface area contributed by atoms with Crippen LogP contribution < -0.4 is 9.62 Å². The molecule has 31 heavy (non-hydrogen) atoms. The molecule has 11 heteroatoms. The Labute approximate surface area is 184 Å². The third kappa shape index (κ3) is 6.05. The highest BCUT2D eigenvalue weighted by molar-refractivity contribution is 7.99. The van der Waals surface area contributed by atoms with Gasteiger partial charge in [-0.2, -0.15) is 0 Å². The molecule has 0 aliphatic carbocycles. The SMILES string of the molecule is Cc1ccc(N(Cc2nnc(SCC(=O)Nc3ccc(F)cc3)n2C)S(C)(=O)=O)cc1. The van der Waals surface area contributed by atoms with Crippen molar-refractivity contribution >= 4 is 39.1 Å². The van der Waals surface area contributed by atoms with Crippen molar-refractivity contribution in [2.75, 3.05) is 21.6 Å². The first-order valence-corrected chi connectivity index (χ1v) is 12.1. The monoisotopic (exact) mass is 463 g/mol. The molecule has 0 aliphatic rings. The number of nitrogens with zero attached hydrogens (tertiary/aromatic N) is 4. The molecule has 1 aromatic heterocycles. The number of anilines is 2. The van der Waals surface area contributed by atoms with Gasteiger partial charge in [-0.05, 0) is 43.3 Å². The molecular weight excluding hydrogens is 441 g/mol. The van der Waals surface area contributed by atoms with Crippen molar-refractivity contribution in [1.82, 2.24) is 14.8 Å². The number of sulfonamides is 1.